The third-order valence-corrected chi connectivity index (χ3v) is 10.00. The van der Waals surface area contributed by atoms with E-state index in [2.05, 4.69) is 13.8 Å². The Kier molecular flexibility index (Phi) is 14.6. The molecule has 0 saturated carbocycles. The van der Waals surface area contributed by atoms with Crippen molar-refractivity contribution in [3.63, 3.8) is 0 Å². The van der Waals surface area contributed by atoms with Crippen LogP contribution in [0.15, 0.2) is 0 Å². The van der Waals surface area contributed by atoms with E-state index in [4.69, 9.17) is 0 Å². The van der Waals surface area contributed by atoms with Crippen molar-refractivity contribution >= 4 is 51.1 Å². The molecule has 0 bridgehead atoms. The van der Waals surface area contributed by atoms with Crippen molar-refractivity contribution in [3.8, 4) is 0 Å². The van der Waals surface area contributed by atoms with E-state index in [0.29, 0.717) is 0 Å². The van der Waals surface area contributed by atoms with Crippen molar-refractivity contribution in [3.05, 3.63) is 0 Å². The first kappa shape index (κ1) is 13.8. The SMILES string of the molecule is CCCCSSSSSCCC. The van der Waals surface area contributed by atoms with Crippen LogP contribution in [0.5, 0.6) is 0 Å². The zero-order chi connectivity index (χ0) is 9.07. The zero-order valence-corrected chi connectivity index (χ0v) is 11.7. The van der Waals surface area contributed by atoms with Crippen molar-refractivity contribution in [2.45, 2.75) is 33.1 Å². The first-order valence-electron chi connectivity index (χ1n) is 4.16. The van der Waals surface area contributed by atoms with E-state index in [9.17, 15) is 0 Å². The van der Waals surface area contributed by atoms with Gasteiger partial charge in [0.25, 0.3) is 0 Å². The molecule has 0 aromatic carbocycles. The van der Waals surface area contributed by atoms with Gasteiger partial charge in [-0.1, -0.05) is 41.9 Å². The molecule has 0 radical (unpaired) electrons. The fourth-order valence-electron chi connectivity index (χ4n) is 0.405. The van der Waals surface area contributed by atoms with Gasteiger partial charge in [-0.25, -0.2) is 0 Å². The molecule has 5 heteroatoms. The van der Waals surface area contributed by atoms with Gasteiger partial charge in [-0.3, -0.25) is 0 Å². The molecule has 0 aromatic rings. The lowest BCUT2D eigenvalue weighted by atomic mass is 10.4. The van der Waals surface area contributed by atoms with Gasteiger partial charge in [-0.15, -0.1) is 0 Å². The fourth-order valence-corrected chi connectivity index (χ4v) is 9.49. The normalized spacial score (nSPS) is 10.5. The lowest BCUT2D eigenvalue weighted by molar-refractivity contribution is 0.898. The number of hydrogen-bond donors (Lipinski definition) is 0. The molecule has 0 unspecified atom stereocenters. The maximum absolute atomic E-state index is 2.24. The summed E-state index contributed by atoms with van der Waals surface area (Å²) in [6.45, 7) is 4.46. The Morgan fingerprint density at radius 1 is 0.750 bits per heavy atom. The quantitative estimate of drug-likeness (QED) is 0.394. The number of unbranched alkanes of at least 4 members (excludes halogenated alkanes) is 1. The molecule has 0 aliphatic heterocycles. The van der Waals surface area contributed by atoms with Crippen molar-refractivity contribution in [2.24, 2.45) is 0 Å². The molecule has 0 amide bonds. The second-order valence-electron chi connectivity index (χ2n) is 2.20. The van der Waals surface area contributed by atoms with Crippen molar-refractivity contribution in [2.75, 3.05) is 11.5 Å². The van der Waals surface area contributed by atoms with Gasteiger partial charge in [0.1, 0.15) is 0 Å². The monoisotopic (exact) mass is 260 g/mol. The molecule has 0 nitrogen and oxygen atoms in total. The summed E-state index contributed by atoms with van der Waals surface area (Å²) >= 11 is 0. The molecule has 0 spiro atoms. The highest BCUT2D eigenvalue weighted by Gasteiger charge is 1.92. The highest BCUT2D eigenvalue weighted by molar-refractivity contribution is 9.35. The molecule has 12 heavy (non-hydrogen) atoms. The molecule has 0 atom stereocenters. The molecule has 0 N–H and O–H groups in total. The average molecular weight is 261 g/mol. The van der Waals surface area contributed by atoms with Gasteiger partial charge in [0.2, 0.25) is 0 Å². The van der Waals surface area contributed by atoms with E-state index in [1.54, 1.807) is 0 Å². The predicted octanol–water partition coefficient (Wildman–Crippen LogP) is 5.52. The van der Waals surface area contributed by atoms with Gasteiger partial charge in [0, 0.05) is 11.5 Å². The van der Waals surface area contributed by atoms with Crippen LogP contribution in [0.4, 0.5) is 0 Å². The van der Waals surface area contributed by atoms with Gasteiger partial charge in [-0.05, 0) is 42.3 Å². The first-order chi connectivity index (χ1) is 5.91. The summed E-state index contributed by atoms with van der Waals surface area (Å²) in [5.41, 5.74) is 0. The van der Waals surface area contributed by atoms with Crippen LogP contribution in [0.25, 0.3) is 0 Å². The summed E-state index contributed by atoms with van der Waals surface area (Å²) in [5, 5.41) is 0. The minimum absolute atomic E-state index is 1.28. The van der Waals surface area contributed by atoms with E-state index in [-0.39, 0.29) is 0 Å². The van der Waals surface area contributed by atoms with E-state index < -0.39 is 0 Å². The van der Waals surface area contributed by atoms with Gasteiger partial charge in [-0.2, -0.15) is 0 Å². The van der Waals surface area contributed by atoms with Gasteiger partial charge in [0.05, 0.1) is 0 Å². The fraction of sp³-hybridized carbons (Fsp3) is 1.00. The Hall–Kier alpha value is 1.75. The molecular formula is C7H16S5. The topological polar surface area (TPSA) is 0 Å². The van der Waals surface area contributed by atoms with Crippen molar-refractivity contribution in [1.82, 2.24) is 0 Å². The molecule has 0 fully saturated rings. The minimum Gasteiger partial charge on any atom is -0.0817 e. The third kappa shape index (κ3) is 11.8. The Labute approximate surface area is 95.1 Å². The Bertz CT molecular complexity index is 68.2. The van der Waals surface area contributed by atoms with E-state index in [1.165, 1.54) is 30.8 Å². The predicted molar refractivity (Wildman–Crippen MR) is 72.9 cm³/mol. The summed E-state index contributed by atoms with van der Waals surface area (Å²) in [6, 6.07) is 0. The van der Waals surface area contributed by atoms with Gasteiger partial charge in [0.15, 0.2) is 0 Å². The Morgan fingerprint density at radius 3 is 2.00 bits per heavy atom. The lowest BCUT2D eigenvalue weighted by Gasteiger charge is -1.97. The van der Waals surface area contributed by atoms with E-state index in [0.717, 1.165) is 0 Å². The Morgan fingerprint density at radius 2 is 1.42 bits per heavy atom. The van der Waals surface area contributed by atoms with Crippen LogP contribution in [0.3, 0.4) is 0 Å². The van der Waals surface area contributed by atoms with Crippen molar-refractivity contribution < 1.29 is 0 Å². The molecule has 0 aliphatic carbocycles. The van der Waals surface area contributed by atoms with Crippen LogP contribution in [-0.2, 0) is 0 Å². The summed E-state index contributed by atoms with van der Waals surface area (Å²) in [5.74, 6) is 2.57. The highest BCUT2D eigenvalue weighted by atomic mass is 33.8. The smallest absolute Gasteiger partial charge is 0.00453 e. The summed E-state index contributed by atoms with van der Waals surface area (Å²) in [6.07, 6.45) is 3.95. The number of hydrogen-bond acceptors (Lipinski definition) is 5. The minimum atomic E-state index is 1.28. The average Bonchev–Trinajstić information content (AvgIpc) is 2.10. The molecule has 0 aliphatic rings. The first-order valence-corrected chi connectivity index (χ1v) is 10.6. The van der Waals surface area contributed by atoms with Crippen molar-refractivity contribution in [1.29, 1.82) is 0 Å². The summed E-state index contributed by atoms with van der Waals surface area (Å²) in [4.78, 5) is 0. The lowest BCUT2D eigenvalue weighted by Crippen LogP contribution is -1.70. The van der Waals surface area contributed by atoms with Crippen LogP contribution >= 0.6 is 51.1 Å². The van der Waals surface area contributed by atoms with Crippen LogP contribution in [-0.4, -0.2) is 11.5 Å². The Balaban J connectivity index is 2.73. The van der Waals surface area contributed by atoms with Crippen LogP contribution in [0.1, 0.15) is 33.1 Å². The molecular weight excluding hydrogens is 244 g/mol. The summed E-state index contributed by atoms with van der Waals surface area (Å²) < 4.78 is 0. The van der Waals surface area contributed by atoms with Gasteiger partial charge < -0.3 is 0 Å². The third-order valence-electron chi connectivity index (χ3n) is 1.02. The van der Waals surface area contributed by atoms with Crippen LogP contribution < -0.4 is 0 Å². The molecule has 0 rings (SSSR count). The molecule has 0 aromatic heterocycles. The van der Waals surface area contributed by atoms with Gasteiger partial charge >= 0.3 is 0 Å². The van der Waals surface area contributed by atoms with Crippen LogP contribution in [0, 0.1) is 0 Å². The maximum atomic E-state index is 2.24. The van der Waals surface area contributed by atoms with E-state index >= 15 is 0 Å². The molecule has 0 heterocycles. The maximum Gasteiger partial charge on any atom is 0.00453 e. The summed E-state index contributed by atoms with van der Waals surface area (Å²) in [7, 11) is 9.68. The zero-order valence-electron chi connectivity index (χ0n) is 7.58. The second kappa shape index (κ2) is 12.8. The largest absolute Gasteiger partial charge is 0.0817 e. The molecule has 0 saturated heterocycles. The highest BCUT2D eigenvalue weighted by Crippen LogP contribution is 2.48. The standard InChI is InChI=1S/C7H16S5/c1-3-5-7-9-11-12-10-8-6-4-2/h3-7H2,1-2H3. The molecule has 74 valence electrons. The van der Waals surface area contributed by atoms with Crippen LogP contribution in [0.2, 0.25) is 0 Å². The number of rotatable bonds is 9. The van der Waals surface area contributed by atoms with E-state index in [1.807, 2.05) is 51.1 Å². The second-order valence-corrected chi connectivity index (χ2v) is 10.2.